The van der Waals surface area contributed by atoms with Crippen molar-refractivity contribution in [2.45, 2.75) is 25.9 Å². The van der Waals surface area contributed by atoms with Crippen molar-refractivity contribution in [2.24, 2.45) is 9.98 Å². The molecule has 0 aliphatic rings. The van der Waals surface area contributed by atoms with E-state index in [0.717, 1.165) is 11.1 Å². The fourth-order valence-electron chi connectivity index (χ4n) is 4.38. The van der Waals surface area contributed by atoms with Gasteiger partial charge in [0, 0.05) is 23.6 Å². The van der Waals surface area contributed by atoms with Crippen molar-refractivity contribution in [3.63, 3.8) is 0 Å². The number of carboxylic acids is 2. The largest absolute Gasteiger partial charge is 2.00 e. The van der Waals surface area contributed by atoms with Crippen molar-refractivity contribution in [2.75, 3.05) is 0 Å². The van der Waals surface area contributed by atoms with Crippen molar-refractivity contribution in [1.29, 1.82) is 0 Å². The molecule has 4 rings (SSSR count). The number of hydrogen-bond acceptors (Lipinski definition) is 6. The van der Waals surface area contributed by atoms with E-state index in [4.69, 9.17) is 9.98 Å². The van der Waals surface area contributed by atoms with Gasteiger partial charge in [-0.15, -0.1) is 0 Å². The Hall–Kier alpha value is -4.75. The van der Waals surface area contributed by atoms with Gasteiger partial charge in [0.25, 0.3) is 0 Å². The van der Waals surface area contributed by atoms with Gasteiger partial charge in [0.15, 0.2) is 0 Å². The first-order chi connectivity index (χ1) is 19.2. The second kappa shape index (κ2) is 13.5. The fraction of sp³-hybridized carbons (Fsp3) is 0.125. The van der Waals surface area contributed by atoms with Crippen molar-refractivity contribution in [3.05, 3.63) is 129 Å². The molecule has 0 saturated heterocycles. The zero-order valence-corrected chi connectivity index (χ0v) is 23.2. The fourth-order valence-corrected chi connectivity index (χ4v) is 4.38. The Kier molecular flexibility index (Phi) is 10.2. The van der Waals surface area contributed by atoms with Gasteiger partial charge in [-0.2, -0.15) is 0 Å². The number of carboxylic acid groups (broad SMARTS) is 2. The van der Waals surface area contributed by atoms with E-state index in [9.17, 15) is 30.0 Å². The molecule has 2 unspecified atom stereocenters. The van der Waals surface area contributed by atoms with E-state index < -0.39 is 24.0 Å². The first-order valence-electron chi connectivity index (χ1n) is 12.5. The first kappa shape index (κ1) is 30.8. The molecule has 0 amide bonds. The molecule has 8 nitrogen and oxygen atoms in total. The number of phenolic OH excluding ortho intramolecular Hbond substituents is 2. The molecule has 210 valence electrons. The van der Waals surface area contributed by atoms with Gasteiger partial charge in [-0.05, 0) is 60.4 Å². The van der Waals surface area contributed by atoms with Crippen molar-refractivity contribution in [3.8, 4) is 11.5 Å². The van der Waals surface area contributed by atoms with Crippen LogP contribution in [0, 0.1) is 13.8 Å². The van der Waals surface area contributed by atoms with Crippen LogP contribution in [0.3, 0.4) is 0 Å². The van der Waals surface area contributed by atoms with Gasteiger partial charge in [0.05, 0.1) is 11.1 Å². The van der Waals surface area contributed by atoms with Gasteiger partial charge in [0.2, 0.25) is 0 Å². The summed E-state index contributed by atoms with van der Waals surface area (Å²) in [5.41, 5.74) is 2.95. The molecule has 4 aromatic carbocycles. The zero-order chi connectivity index (χ0) is 28.8. The monoisotopic (exact) mass is 594 g/mol. The third-order valence-electron chi connectivity index (χ3n) is 6.48. The normalized spacial score (nSPS) is 12.6. The van der Waals surface area contributed by atoms with Gasteiger partial charge < -0.3 is 20.4 Å². The van der Waals surface area contributed by atoms with Crippen molar-refractivity contribution in [1.82, 2.24) is 0 Å². The number of hydrogen-bond donors (Lipinski definition) is 4. The topological polar surface area (TPSA) is 140 Å². The minimum atomic E-state index is -1.12. The Morgan fingerprint density at radius 2 is 0.976 bits per heavy atom. The van der Waals surface area contributed by atoms with E-state index in [1.165, 1.54) is 36.7 Å². The van der Waals surface area contributed by atoms with Crippen LogP contribution in [0.25, 0.3) is 0 Å². The Balaban J connectivity index is 0.00000462. The van der Waals surface area contributed by atoms with Crippen LogP contribution < -0.4 is 0 Å². The molecule has 0 saturated carbocycles. The van der Waals surface area contributed by atoms with E-state index in [-0.39, 0.29) is 50.2 Å². The van der Waals surface area contributed by atoms with Gasteiger partial charge in [-0.1, -0.05) is 60.7 Å². The molecule has 0 radical (unpaired) electrons. The van der Waals surface area contributed by atoms with E-state index in [1.54, 1.807) is 13.8 Å². The second-order valence-corrected chi connectivity index (χ2v) is 9.34. The van der Waals surface area contributed by atoms with Crippen LogP contribution in [0.1, 0.15) is 66.2 Å². The molecule has 0 heterocycles. The number of benzene rings is 4. The molecule has 4 N–H and O–H groups in total. The van der Waals surface area contributed by atoms with Gasteiger partial charge >= 0.3 is 28.4 Å². The molecular formula is C32H28N2NiO6+2. The van der Waals surface area contributed by atoms with Gasteiger partial charge in [-0.3, -0.25) is 9.98 Å². The van der Waals surface area contributed by atoms with Crippen LogP contribution in [-0.2, 0) is 16.5 Å². The molecule has 0 fully saturated rings. The molecule has 4 aromatic rings. The Bertz CT molecular complexity index is 1480. The maximum absolute atomic E-state index is 11.6. The summed E-state index contributed by atoms with van der Waals surface area (Å²) in [5, 5.41) is 40.2. The first-order valence-corrected chi connectivity index (χ1v) is 12.5. The summed E-state index contributed by atoms with van der Waals surface area (Å²) in [6.07, 6.45) is 2.87. The SMILES string of the molecule is Cc1cc(C(=O)O)cc(C=NC(c2ccccc2)C(N=Cc2cc(C(=O)O)cc(C)c2O)c2ccccc2)c1O.[Ni+2]. The molecule has 0 bridgehead atoms. The molecule has 0 spiro atoms. The van der Waals surface area contributed by atoms with Crippen LogP contribution in [0.5, 0.6) is 11.5 Å². The van der Waals surface area contributed by atoms with E-state index in [0.29, 0.717) is 11.1 Å². The summed E-state index contributed by atoms with van der Waals surface area (Å²) < 4.78 is 0. The number of phenols is 2. The van der Waals surface area contributed by atoms with Crippen LogP contribution in [-0.4, -0.2) is 44.8 Å². The maximum Gasteiger partial charge on any atom is 2.00 e. The molecule has 2 atom stereocenters. The summed E-state index contributed by atoms with van der Waals surface area (Å²) in [6, 6.07) is 23.0. The van der Waals surface area contributed by atoms with Crippen LogP contribution in [0.2, 0.25) is 0 Å². The third-order valence-corrected chi connectivity index (χ3v) is 6.48. The van der Waals surface area contributed by atoms with Gasteiger partial charge in [0.1, 0.15) is 23.6 Å². The minimum absolute atomic E-state index is 0. The summed E-state index contributed by atoms with van der Waals surface area (Å²) in [6.45, 7) is 3.23. The Morgan fingerprint density at radius 3 is 1.29 bits per heavy atom. The van der Waals surface area contributed by atoms with Crippen LogP contribution >= 0.6 is 0 Å². The molecular weight excluding hydrogens is 567 g/mol. The number of aryl methyl sites for hydroxylation is 2. The predicted molar refractivity (Wildman–Crippen MR) is 153 cm³/mol. The number of carbonyl (C=O) groups is 2. The van der Waals surface area contributed by atoms with Crippen LogP contribution in [0.4, 0.5) is 0 Å². The number of rotatable bonds is 9. The Labute approximate surface area is 247 Å². The zero-order valence-electron chi connectivity index (χ0n) is 22.2. The van der Waals surface area contributed by atoms with E-state index >= 15 is 0 Å². The average Bonchev–Trinajstić information content (AvgIpc) is 2.95. The van der Waals surface area contributed by atoms with Crippen molar-refractivity contribution < 1.29 is 46.5 Å². The molecule has 0 aromatic heterocycles. The smallest absolute Gasteiger partial charge is 0.507 e. The van der Waals surface area contributed by atoms with E-state index in [1.807, 2.05) is 60.7 Å². The van der Waals surface area contributed by atoms with Gasteiger partial charge in [-0.25, -0.2) is 9.59 Å². The number of nitrogens with zero attached hydrogens (tertiary/aromatic N) is 2. The minimum Gasteiger partial charge on any atom is -0.507 e. The summed E-state index contributed by atoms with van der Waals surface area (Å²) in [5.74, 6) is -2.40. The number of aromatic carboxylic acids is 2. The van der Waals surface area contributed by atoms with E-state index in [2.05, 4.69) is 0 Å². The third kappa shape index (κ3) is 7.26. The number of aromatic hydroxyl groups is 2. The summed E-state index contributed by atoms with van der Waals surface area (Å²) >= 11 is 0. The summed E-state index contributed by atoms with van der Waals surface area (Å²) in [4.78, 5) is 32.8. The number of aliphatic imine (C=N–C) groups is 2. The summed E-state index contributed by atoms with van der Waals surface area (Å²) in [7, 11) is 0. The molecule has 9 heteroatoms. The quantitative estimate of drug-likeness (QED) is 0.136. The van der Waals surface area contributed by atoms with Crippen molar-refractivity contribution >= 4 is 24.4 Å². The molecule has 41 heavy (non-hydrogen) atoms. The molecule has 0 aliphatic carbocycles. The second-order valence-electron chi connectivity index (χ2n) is 9.34. The predicted octanol–water partition coefficient (Wildman–Crippen LogP) is 6.13. The molecule has 0 aliphatic heterocycles. The maximum atomic E-state index is 11.6. The Morgan fingerprint density at radius 1 is 0.634 bits per heavy atom. The standard InChI is InChI=1S/C32H28N2O6.Ni/c1-19-13-23(31(37)38)15-25(29(19)35)17-33-27(21-9-5-3-6-10-21)28(22-11-7-4-8-12-22)34-18-26-16-24(32(39)40)14-20(2)30(26)36;/h3-18,27-28,35-36H,1-2H3,(H,37,38)(H,39,40);/q;+2. The van der Waals surface area contributed by atoms with Crippen LogP contribution in [0.15, 0.2) is 94.9 Å². The average molecular weight is 595 g/mol.